The van der Waals surface area contributed by atoms with Gasteiger partial charge in [0.25, 0.3) is 0 Å². The minimum atomic E-state index is -3.47. The number of fused-ring (bicyclic) bond motifs is 1. The molecule has 1 aromatic carbocycles. The second-order valence-electron chi connectivity index (χ2n) is 5.97. The van der Waals surface area contributed by atoms with E-state index >= 15 is 0 Å². The summed E-state index contributed by atoms with van der Waals surface area (Å²) in [5.41, 5.74) is 8.12. The first-order chi connectivity index (χ1) is 9.42. The van der Waals surface area contributed by atoms with E-state index in [0.717, 1.165) is 25.7 Å². The Balaban J connectivity index is 2.17. The number of nitrogens with two attached hydrogens (primary N) is 1. The van der Waals surface area contributed by atoms with Crippen molar-refractivity contribution in [1.29, 1.82) is 0 Å². The van der Waals surface area contributed by atoms with Gasteiger partial charge >= 0.3 is 0 Å². The molecule has 1 aliphatic carbocycles. The van der Waals surface area contributed by atoms with Gasteiger partial charge in [-0.25, -0.2) is 13.1 Å². The van der Waals surface area contributed by atoms with E-state index in [9.17, 15) is 8.42 Å². The van der Waals surface area contributed by atoms with Crippen LogP contribution in [0.3, 0.4) is 0 Å². The molecule has 0 radical (unpaired) electrons. The average Bonchev–Trinajstić information content (AvgIpc) is 2.84. The molecule has 4 nitrogen and oxygen atoms in total. The first kappa shape index (κ1) is 15.5. The summed E-state index contributed by atoms with van der Waals surface area (Å²) in [5, 5.41) is 0. The molecule has 112 valence electrons. The van der Waals surface area contributed by atoms with Gasteiger partial charge in [-0.15, -0.1) is 0 Å². The summed E-state index contributed by atoms with van der Waals surface area (Å²) in [7, 11) is -3.47. The quantitative estimate of drug-likeness (QED) is 0.841. The second-order valence-corrected chi connectivity index (χ2v) is 7.68. The number of aryl methyl sites for hydroxylation is 2. The molecular weight excluding hydrogens is 272 g/mol. The normalized spacial score (nSPS) is 16.4. The summed E-state index contributed by atoms with van der Waals surface area (Å²) in [5.74, 6) is 0.409. The highest BCUT2D eigenvalue weighted by Gasteiger charge is 2.22. The van der Waals surface area contributed by atoms with E-state index in [1.165, 1.54) is 11.1 Å². The zero-order chi connectivity index (χ0) is 14.8. The maximum Gasteiger partial charge on any atom is 0.240 e. The third-order valence-electron chi connectivity index (χ3n) is 3.74. The zero-order valence-corrected chi connectivity index (χ0v) is 13.0. The maximum atomic E-state index is 12.4. The summed E-state index contributed by atoms with van der Waals surface area (Å²) < 4.78 is 27.6. The molecule has 3 N–H and O–H groups in total. The Labute approximate surface area is 121 Å². The van der Waals surface area contributed by atoms with Crippen molar-refractivity contribution in [1.82, 2.24) is 4.72 Å². The van der Waals surface area contributed by atoms with Crippen molar-refractivity contribution >= 4 is 10.0 Å². The molecule has 0 aliphatic heterocycles. The van der Waals surface area contributed by atoms with Crippen LogP contribution in [0, 0.1) is 5.92 Å². The number of benzene rings is 1. The third kappa shape index (κ3) is 3.59. The van der Waals surface area contributed by atoms with Crippen molar-refractivity contribution in [3.05, 3.63) is 29.3 Å². The molecule has 0 amide bonds. The molecule has 1 aliphatic rings. The fourth-order valence-electron chi connectivity index (χ4n) is 2.76. The molecule has 0 aromatic heterocycles. The Bertz CT molecular complexity index is 567. The van der Waals surface area contributed by atoms with Crippen LogP contribution in [0.15, 0.2) is 23.1 Å². The molecule has 1 unspecified atom stereocenters. The highest BCUT2D eigenvalue weighted by Crippen LogP contribution is 2.24. The van der Waals surface area contributed by atoms with E-state index in [2.05, 4.69) is 18.6 Å². The largest absolute Gasteiger partial charge is 0.329 e. The highest BCUT2D eigenvalue weighted by molar-refractivity contribution is 7.89. The van der Waals surface area contributed by atoms with Gasteiger partial charge < -0.3 is 5.73 Å². The van der Waals surface area contributed by atoms with E-state index in [4.69, 9.17) is 5.73 Å². The van der Waals surface area contributed by atoms with E-state index < -0.39 is 10.0 Å². The monoisotopic (exact) mass is 296 g/mol. The molecule has 0 saturated carbocycles. The fourth-order valence-corrected chi connectivity index (χ4v) is 4.08. The summed E-state index contributed by atoms with van der Waals surface area (Å²) in [6.45, 7) is 4.45. The third-order valence-corrected chi connectivity index (χ3v) is 5.26. The lowest BCUT2D eigenvalue weighted by molar-refractivity contribution is 0.465. The summed E-state index contributed by atoms with van der Waals surface area (Å²) >= 11 is 0. The van der Waals surface area contributed by atoms with Gasteiger partial charge in [-0.1, -0.05) is 19.9 Å². The second kappa shape index (κ2) is 6.24. The lowest BCUT2D eigenvalue weighted by Crippen LogP contribution is -2.41. The molecule has 1 aromatic rings. The minimum Gasteiger partial charge on any atom is -0.329 e. The fraction of sp³-hybridized carbons (Fsp3) is 0.600. The van der Waals surface area contributed by atoms with E-state index in [0.29, 0.717) is 17.4 Å². The van der Waals surface area contributed by atoms with Crippen LogP contribution in [0.2, 0.25) is 0 Å². The predicted octanol–water partition coefficient (Wildman–Crippen LogP) is 1.83. The number of sulfonamides is 1. The molecule has 1 atom stereocenters. The molecule has 2 rings (SSSR count). The Morgan fingerprint density at radius 1 is 1.25 bits per heavy atom. The van der Waals surface area contributed by atoms with Crippen molar-refractivity contribution in [2.45, 2.75) is 50.5 Å². The molecule has 0 bridgehead atoms. The SMILES string of the molecule is CC(C)CC(CN)NS(=O)(=O)c1ccc2c(c1)CCC2. The maximum absolute atomic E-state index is 12.4. The van der Waals surface area contributed by atoms with Crippen molar-refractivity contribution < 1.29 is 8.42 Å². The Hall–Kier alpha value is -0.910. The predicted molar refractivity (Wildman–Crippen MR) is 81.1 cm³/mol. The number of hydrogen-bond donors (Lipinski definition) is 2. The van der Waals surface area contributed by atoms with E-state index in [1.807, 2.05) is 12.1 Å². The van der Waals surface area contributed by atoms with Gasteiger partial charge in [0.15, 0.2) is 0 Å². The van der Waals surface area contributed by atoms with Crippen LogP contribution >= 0.6 is 0 Å². The number of hydrogen-bond acceptors (Lipinski definition) is 3. The summed E-state index contributed by atoms with van der Waals surface area (Å²) in [6, 6.07) is 5.26. The summed E-state index contributed by atoms with van der Waals surface area (Å²) in [4.78, 5) is 0.361. The first-order valence-electron chi connectivity index (χ1n) is 7.26. The number of rotatable bonds is 6. The van der Waals surface area contributed by atoms with Crippen LogP contribution in [0.25, 0.3) is 0 Å². The van der Waals surface area contributed by atoms with Crippen LogP contribution in [-0.2, 0) is 22.9 Å². The van der Waals surface area contributed by atoms with Crippen LogP contribution in [0.4, 0.5) is 0 Å². The minimum absolute atomic E-state index is 0.201. The van der Waals surface area contributed by atoms with Crippen molar-refractivity contribution in [2.75, 3.05) is 6.54 Å². The van der Waals surface area contributed by atoms with E-state index in [1.54, 1.807) is 6.07 Å². The van der Waals surface area contributed by atoms with Gasteiger partial charge in [0.05, 0.1) is 4.90 Å². The topological polar surface area (TPSA) is 72.2 Å². The molecule has 20 heavy (non-hydrogen) atoms. The van der Waals surface area contributed by atoms with Crippen LogP contribution in [0.1, 0.15) is 37.8 Å². The van der Waals surface area contributed by atoms with Crippen molar-refractivity contribution in [3.8, 4) is 0 Å². The first-order valence-corrected chi connectivity index (χ1v) is 8.75. The summed E-state index contributed by atoms with van der Waals surface area (Å²) in [6.07, 6.45) is 3.90. The highest BCUT2D eigenvalue weighted by atomic mass is 32.2. The van der Waals surface area contributed by atoms with E-state index in [-0.39, 0.29) is 6.04 Å². The Morgan fingerprint density at radius 2 is 1.95 bits per heavy atom. The molecule has 0 saturated heterocycles. The lowest BCUT2D eigenvalue weighted by Gasteiger charge is -2.19. The molecule has 0 fully saturated rings. The van der Waals surface area contributed by atoms with Crippen LogP contribution in [0.5, 0.6) is 0 Å². The van der Waals surface area contributed by atoms with Crippen LogP contribution in [-0.4, -0.2) is 21.0 Å². The molecule has 0 heterocycles. The number of nitrogens with one attached hydrogen (secondary N) is 1. The van der Waals surface area contributed by atoms with Gasteiger partial charge in [0, 0.05) is 12.6 Å². The average molecular weight is 296 g/mol. The van der Waals surface area contributed by atoms with Crippen molar-refractivity contribution in [2.24, 2.45) is 11.7 Å². The lowest BCUT2D eigenvalue weighted by atomic mass is 10.1. The van der Waals surface area contributed by atoms with Gasteiger partial charge in [-0.3, -0.25) is 0 Å². The van der Waals surface area contributed by atoms with Gasteiger partial charge in [-0.2, -0.15) is 0 Å². The molecule has 5 heteroatoms. The standard InChI is InChI=1S/C15H24N2O2S/c1-11(2)8-14(10-16)17-20(18,19)15-7-6-12-4-3-5-13(12)9-15/h6-7,9,11,14,17H,3-5,8,10,16H2,1-2H3. The van der Waals surface area contributed by atoms with Gasteiger partial charge in [-0.05, 0) is 54.9 Å². The van der Waals surface area contributed by atoms with Crippen LogP contribution < -0.4 is 10.5 Å². The molecular formula is C15H24N2O2S. The smallest absolute Gasteiger partial charge is 0.240 e. The Kier molecular flexibility index (Phi) is 4.83. The zero-order valence-electron chi connectivity index (χ0n) is 12.2. The van der Waals surface area contributed by atoms with Crippen molar-refractivity contribution in [3.63, 3.8) is 0 Å². The van der Waals surface area contributed by atoms with Gasteiger partial charge in [0.2, 0.25) is 10.0 Å². The Morgan fingerprint density at radius 3 is 2.60 bits per heavy atom. The van der Waals surface area contributed by atoms with Gasteiger partial charge in [0.1, 0.15) is 0 Å². The molecule has 0 spiro atoms.